The molecular formula is C17H12FeO2. The summed E-state index contributed by atoms with van der Waals surface area (Å²) < 4.78 is 4.91. The van der Waals surface area contributed by atoms with E-state index < -0.39 is 0 Å². The van der Waals surface area contributed by atoms with Gasteiger partial charge in [-0.1, -0.05) is 5.92 Å². The number of Topliss-reactive ketones (excluding diaryl/α,β-unsaturated/α-hetero) is 1. The Hall–Kier alpha value is -2.27. The zero-order valence-corrected chi connectivity index (χ0v) is 11.7. The number of carbonyl (C=O) groups is 1. The van der Waals surface area contributed by atoms with E-state index in [0.29, 0.717) is 0 Å². The Balaban J connectivity index is 0.000000283. The van der Waals surface area contributed by atoms with Crippen molar-refractivity contribution in [3.63, 3.8) is 0 Å². The van der Waals surface area contributed by atoms with Crippen LogP contribution in [0.15, 0.2) is 77.4 Å². The summed E-state index contributed by atoms with van der Waals surface area (Å²) in [6.45, 7) is 0. The summed E-state index contributed by atoms with van der Waals surface area (Å²) in [4.78, 5) is 11.3. The van der Waals surface area contributed by atoms with Gasteiger partial charge in [0.15, 0.2) is 5.76 Å². The van der Waals surface area contributed by atoms with Crippen molar-refractivity contribution in [3.8, 4) is 11.8 Å². The van der Waals surface area contributed by atoms with Crippen LogP contribution in [0.4, 0.5) is 0 Å². The molecule has 3 aromatic rings. The first-order chi connectivity index (χ1) is 9.36. The largest absolute Gasteiger partial charge is 2.00 e. The van der Waals surface area contributed by atoms with Gasteiger partial charge in [0, 0.05) is 0 Å². The first kappa shape index (κ1) is 15.8. The van der Waals surface area contributed by atoms with Gasteiger partial charge < -0.3 is 4.42 Å². The third kappa shape index (κ3) is 5.15. The Morgan fingerprint density at radius 3 is 2.35 bits per heavy atom. The molecule has 0 aliphatic carbocycles. The molecule has 20 heavy (non-hydrogen) atoms. The van der Waals surface area contributed by atoms with Gasteiger partial charge in [0.2, 0.25) is 0 Å². The average molecular weight is 304 g/mol. The molecule has 3 rings (SSSR count). The summed E-state index contributed by atoms with van der Waals surface area (Å²) in [5.74, 6) is 5.24. The van der Waals surface area contributed by atoms with E-state index in [4.69, 9.17) is 4.42 Å². The Labute approximate surface area is 128 Å². The topological polar surface area (TPSA) is 30.2 Å². The number of carbonyl (C=O) groups excluding carboxylic acids is 1. The van der Waals surface area contributed by atoms with Crippen molar-refractivity contribution in [2.75, 3.05) is 0 Å². The van der Waals surface area contributed by atoms with Crippen LogP contribution in [0.1, 0.15) is 16.1 Å². The molecule has 0 spiro atoms. The Kier molecular flexibility index (Phi) is 6.92. The molecule has 0 saturated heterocycles. The third-order valence-corrected chi connectivity index (χ3v) is 2.28. The molecule has 0 atom stereocenters. The molecule has 1 heterocycles. The molecule has 0 bridgehead atoms. The van der Waals surface area contributed by atoms with Crippen molar-refractivity contribution < 1.29 is 26.3 Å². The van der Waals surface area contributed by atoms with Crippen LogP contribution in [0.3, 0.4) is 0 Å². The molecule has 0 amide bonds. The van der Waals surface area contributed by atoms with Crippen LogP contribution >= 0.6 is 0 Å². The zero-order valence-electron chi connectivity index (χ0n) is 10.6. The van der Waals surface area contributed by atoms with E-state index in [1.807, 2.05) is 54.6 Å². The molecule has 0 N–H and O–H groups in total. The van der Waals surface area contributed by atoms with E-state index in [9.17, 15) is 4.79 Å². The second-order valence-corrected chi connectivity index (χ2v) is 3.69. The van der Waals surface area contributed by atoms with E-state index in [-0.39, 0.29) is 28.6 Å². The van der Waals surface area contributed by atoms with Gasteiger partial charge in [-0.3, -0.25) is 4.79 Å². The zero-order chi connectivity index (χ0) is 13.3. The second kappa shape index (κ2) is 8.77. The normalized spacial score (nSPS) is 8.40. The first-order valence-electron chi connectivity index (χ1n) is 5.84. The number of furan rings is 1. The summed E-state index contributed by atoms with van der Waals surface area (Å²) in [5, 5.41) is 0. The summed E-state index contributed by atoms with van der Waals surface area (Å²) >= 11 is 0. The summed E-state index contributed by atoms with van der Waals surface area (Å²) in [7, 11) is 0. The minimum atomic E-state index is -0.295. The van der Waals surface area contributed by atoms with Crippen LogP contribution in [0, 0.1) is 11.8 Å². The van der Waals surface area contributed by atoms with Crippen molar-refractivity contribution in [1.29, 1.82) is 0 Å². The molecule has 0 radical (unpaired) electrons. The van der Waals surface area contributed by atoms with Crippen LogP contribution in [-0.2, 0) is 17.1 Å². The molecule has 0 aliphatic rings. The third-order valence-electron chi connectivity index (χ3n) is 2.28. The number of ketones is 1. The molecule has 3 heteroatoms. The smallest absolute Gasteiger partial charge is 0.460 e. The van der Waals surface area contributed by atoms with E-state index in [0.717, 1.165) is 5.56 Å². The van der Waals surface area contributed by atoms with Gasteiger partial charge in [-0.25, -0.2) is 12.1 Å². The molecule has 0 aliphatic heterocycles. The fraction of sp³-hybridized carbons (Fsp3) is 0. The van der Waals surface area contributed by atoms with Crippen LogP contribution in [-0.4, -0.2) is 5.78 Å². The summed E-state index contributed by atoms with van der Waals surface area (Å²) in [6.07, 6.45) is 1.46. The number of hydrogen-bond donors (Lipinski definition) is 0. The van der Waals surface area contributed by atoms with Crippen molar-refractivity contribution >= 4 is 5.78 Å². The molecule has 100 valence electrons. The van der Waals surface area contributed by atoms with Crippen molar-refractivity contribution in [3.05, 3.63) is 84.3 Å². The van der Waals surface area contributed by atoms with Crippen LogP contribution in [0.2, 0.25) is 0 Å². The first-order valence-corrected chi connectivity index (χ1v) is 5.84. The number of hydrogen-bond acceptors (Lipinski definition) is 2. The Morgan fingerprint density at radius 1 is 1.05 bits per heavy atom. The number of rotatable bonds is 1. The maximum Gasteiger partial charge on any atom is 2.00 e. The SMILES string of the molecule is O=C(C#Cc1ccc[cH-]1)c1ccco1.[Fe+2].c1cc[cH-]c1. The van der Waals surface area contributed by atoms with E-state index >= 15 is 0 Å². The molecule has 1 aromatic heterocycles. The van der Waals surface area contributed by atoms with Crippen molar-refractivity contribution in [2.24, 2.45) is 0 Å². The van der Waals surface area contributed by atoms with Gasteiger partial charge in [-0.15, -0.1) is 11.6 Å². The van der Waals surface area contributed by atoms with E-state index in [1.54, 1.807) is 12.1 Å². The second-order valence-electron chi connectivity index (χ2n) is 3.69. The van der Waals surface area contributed by atoms with Gasteiger partial charge in [-0.2, -0.15) is 42.3 Å². The van der Waals surface area contributed by atoms with Gasteiger partial charge in [0.25, 0.3) is 5.78 Å². The summed E-state index contributed by atoms with van der Waals surface area (Å²) in [6, 6.07) is 20.7. The standard InChI is InChI=1S/C12H7O2.C5H5.Fe/c13-11(12-6-3-9-14-12)8-7-10-4-1-2-5-10;1-2-4-5-3-1;/h1-6,9H;1-5H;/q2*-1;+2. The maximum absolute atomic E-state index is 11.3. The minimum absolute atomic E-state index is 0. The van der Waals surface area contributed by atoms with Crippen LogP contribution in [0.5, 0.6) is 0 Å². The van der Waals surface area contributed by atoms with Crippen LogP contribution in [0.25, 0.3) is 0 Å². The molecule has 0 fully saturated rings. The van der Waals surface area contributed by atoms with Crippen LogP contribution < -0.4 is 0 Å². The van der Waals surface area contributed by atoms with Crippen molar-refractivity contribution in [1.82, 2.24) is 0 Å². The van der Waals surface area contributed by atoms with Gasteiger partial charge in [-0.05, 0) is 12.1 Å². The van der Waals surface area contributed by atoms with Gasteiger partial charge in [0.1, 0.15) is 0 Å². The molecular weight excluding hydrogens is 292 g/mol. The molecule has 0 unspecified atom stereocenters. The fourth-order valence-corrected chi connectivity index (χ4v) is 1.38. The van der Waals surface area contributed by atoms with E-state index in [1.165, 1.54) is 6.26 Å². The monoisotopic (exact) mass is 304 g/mol. The summed E-state index contributed by atoms with van der Waals surface area (Å²) in [5.41, 5.74) is 0.838. The predicted molar refractivity (Wildman–Crippen MR) is 74.0 cm³/mol. The fourth-order valence-electron chi connectivity index (χ4n) is 1.38. The van der Waals surface area contributed by atoms with E-state index in [2.05, 4.69) is 11.8 Å². The predicted octanol–water partition coefficient (Wildman–Crippen LogP) is 3.64. The Bertz CT molecular complexity index is 619. The van der Waals surface area contributed by atoms with Crippen molar-refractivity contribution in [2.45, 2.75) is 0 Å². The maximum atomic E-state index is 11.3. The molecule has 2 nitrogen and oxygen atoms in total. The van der Waals surface area contributed by atoms with Gasteiger partial charge >= 0.3 is 17.1 Å². The minimum Gasteiger partial charge on any atom is -0.460 e. The molecule has 2 aromatic carbocycles. The Morgan fingerprint density at radius 2 is 1.85 bits per heavy atom. The molecule has 0 saturated carbocycles. The average Bonchev–Trinajstić information content (AvgIpc) is 3.21. The van der Waals surface area contributed by atoms with Gasteiger partial charge in [0.05, 0.1) is 6.26 Å². The quantitative estimate of drug-likeness (QED) is 0.297.